The molecule has 0 bridgehead atoms. The first kappa shape index (κ1) is 15.3. The van der Waals surface area contributed by atoms with Crippen LogP contribution >= 0.6 is 0 Å². The summed E-state index contributed by atoms with van der Waals surface area (Å²) < 4.78 is 42.2. The van der Waals surface area contributed by atoms with E-state index in [0.29, 0.717) is 5.56 Å². The number of alkyl halides is 3. The quantitative estimate of drug-likeness (QED) is 0.887. The Hall–Kier alpha value is -1.76. The third-order valence-corrected chi connectivity index (χ3v) is 2.38. The van der Waals surface area contributed by atoms with Gasteiger partial charge in [-0.05, 0) is 24.6 Å². The smallest absolute Gasteiger partial charge is 0.416 e. The number of carbonyl (C=O) groups excluding carboxylic acids is 1. The van der Waals surface area contributed by atoms with Crippen molar-refractivity contribution in [1.82, 2.24) is 5.32 Å². The van der Waals surface area contributed by atoms with Crippen LogP contribution in [0, 0.1) is 0 Å². The second-order valence-electron chi connectivity index (χ2n) is 3.83. The molecule has 0 aliphatic carbocycles. The van der Waals surface area contributed by atoms with Crippen LogP contribution in [0.25, 0.3) is 0 Å². The van der Waals surface area contributed by atoms with Gasteiger partial charge in [-0.3, -0.25) is 0 Å². The molecule has 0 saturated heterocycles. The fraction of sp³-hybridized carbons (Fsp3) is 0.417. The van der Waals surface area contributed by atoms with Crippen LogP contribution in [0.4, 0.5) is 18.0 Å². The van der Waals surface area contributed by atoms with E-state index in [-0.39, 0.29) is 13.2 Å². The molecule has 1 aromatic carbocycles. The number of carbonyl (C=O) groups is 1. The van der Waals surface area contributed by atoms with E-state index >= 15 is 0 Å². The number of hydrogen-bond donors (Lipinski definition) is 2. The minimum absolute atomic E-state index is 0.000143. The number of amides is 1. The third kappa shape index (κ3) is 4.78. The van der Waals surface area contributed by atoms with Gasteiger partial charge < -0.3 is 15.8 Å². The zero-order valence-corrected chi connectivity index (χ0v) is 10.3. The van der Waals surface area contributed by atoms with E-state index < -0.39 is 23.9 Å². The van der Waals surface area contributed by atoms with Gasteiger partial charge in [-0.1, -0.05) is 12.1 Å². The molecular weight excluding hydrogens is 261 g/mol. The monoisotopic (exact) mass is 276 g/mol. The Labute approximate surface area is 108 Å². The van der Waals surface area contributed by atoms with Crippen LogP contribution in [0.3, 0.4) is 0 Å². The maximum Gasteiger partial charge on any atom is 0.416 e. The standard InChI is InChI=1S/C12H15F3N2O2/c1-2-19-11(18)17-7-10(16)8-4-3-5-9(6-8)12(13,14)15/h3-6,10H,2,7,16H2,1H3,(H,17,18). The van der Waals surface area contributed by atoms with Gasteiger partial charge in [-0.25, -0.2) is 4.79 Å². The lowest BCUT2D eigenvalue weighted by Gasteiger charge is -2.15. The zero-order valence-electron chi connectivity index (χ0n) is 10.3. The lowest BCUT2D eigenvalue weighted by atomic mass is 10.0. The van der Waals surface area contributed by atoms with Gasteiger partial charge in [-0.2, -0.15) is 13.2 Å². The highest BCUT2D eigenvalue weighted by Crippen LogP contribution is 2.30. The minimum atomic E-state index is -4.41. The van der Waals surface area contributed by atoms with Crippen molar-refractivity contribution in [3.05, 3.63) is 35.4 Å². The number of halogens is 3. The number of benzene rings is 1. The zero-order chi connectivity index (χ0) is 14.5. The molecule has 106 valence electrons. The molecule has 0 heterocycles. The third-order valence-electron chi connectivity index (χ3n) is 2.38. The largest absolute Gasteiger partial charge is 0.450 e. The van der Waals surface area contributed by atoms with Gasteiger partial charge in [0.05, 0.1) is 12.2 Å². The second-order valence-corrected chi connectivity index (χ2v) is 3.83. The van der Waals surface area contributed by atoms with Gasteiger partial charge in [-0.15, -0.1) is 0 Å². The molecule has 19 heavy (non-hydrogen) atoms. The first-order chi connectivity index (χ1) is 8.84. The van der Waals surface area contributed by atoms with Crippen LogP contribution in [0.2, 0.25) is 0 Å². The molecule has 0 fully saturated rings. The Bertz CT molecular complexity index is 435. The van der Waals surface area contributed by atoms with E-state index in [9.17, 15) is 18.0 Å². The molecule has 1 rings (SSSR count). The molecule has 4 nitrogen and oxygen atoms in total. The number of hydrogen-bond acceptors (Lipinski definition) is 3. The molecule has 1 amide bonds. The normalized spacial score (nSPS) is 12.9. The first-order valence-electron chi connectivity index (χ1n) is 5.68. The Kier molecular flexibility index (Phi) is 5.17. The van der Waals surface area contributed by atoms with Crippen LogP contribution in [-0.4, -0.2) is 19.2 Å². The molecule has 0 saturated carbocycles. The summed E-state index contributed by atoms with van der Waals surface area (Å²) in [5.41, 5.74) is 5.24. The molecule has 0 spiro atoms. The lowest BCUT2D eigenvalue weighted by Crippen LogP contribution is -2.32. The van der Waals surface area contributed by atoms with Gasteiger partial charge in [0, 0.05) is 12.6 Å². The van der Waals surface area contributed by atoms with Crippen molar-refractivity contribution >= 4 is 6.09 Å². The molecule has 0 aromatic heterocycles. The highest BCUT2D eigenvalue weighted by molar-refractivity contribution is 5.67. The van der Waals surface area contributed by atoms with Crippen molar-refractivity contribution in [2.24, 2.45) is 5.73 Å². The molecule has 1 unspecified atom stereocenters. The van der Waals surface area contributed by atoms with Crippen LogP contribution in [0.5, 0.6) is 0 Å². The number of nitrogens with two attached hydrogens (primary N) is 1. The average molecular weight is 276 g/mol. The summed E-state index contributed by atoms with van der Waals surface area (Å²) in [7, 11) is 0. The maximum atomic E-state index is 12.5. The molecule has 3 N–H and O–H groups in total. The van der Waals surface area contributed by atoms with Crippen molar-refractivity contribution in [3.8, 4) is 0 Å². The predicted octanol–water partition coefficient (Wildman–Crippen LogP) is 2.45. The van der Waals surface area contributed by atoms with Crippen LogP contribution in [0.15, 0.2) is 24.3 Å². The number of nitrogens with one attached hydrogen (secondary N) is 1. The number of alkyl carbamates (subject to hydrolysis) is 1. The van der Waals surface area contributed by atoms with Crippen LogP contribution < -0.4 is 11.1 Å². The van der Waals surface area contributed by atoms with Gasteiger partial charge >= 0.3 is 12.3 Å². The molecule has 1 aromatic rings. The Balaban J connectivity index is 2.67. The van der Waals surface area contributed by atoms with Gasteiger partial charge in [0.15, 0.2) is 0 Å². The minimum Gasteiger partial charge on any atom is -0.450 e. The molecule has 0 radical (unpaired) electrons. The van der Waals surface area contributed by atoms with Gasteiger partial charge in [0.25, 0.3) is 0 Å². The summed E-state index contributed by atoms with van der Waals surface area (Å²) in [4.78, 5) is 11.0. The van der Waals surface area contributed by atoms with Gasteiger partial charge in [0.1, 0.15) is 0 Å². The highest BCUT2D eigenvalue weighted by Gasteiger charge is 2.30. The van der Waals surface area contributed by atoms with E-state index in [1.54, 1.807) is 6.92 Å². The fourth-order valence-corrected chi connectivity index (χ4v) is 1.44. The Morgan fingerprint density at radius 2 is 2.16 bits per heavy atom. The van der Waals surface area contributed by atoms with Gasteiger partial charge in [0.2, 0.25) is 0 Å². The van der Waals surface area contributed by atoms with Crippen molar-refractivity contribution in [1.29, 1.82) is 0 Å². The van der Waals surface area contributed by atoms with E-state index in [1.165, 1.54) is 12.1 Å². The summed E-state index contributed by atoms with van der Waals surface area (Å²) in [5, 5.41) is 2.37. The molecule has 7 heteroatoms. The maximum absolute atomic E-state index is 12.5. The lowest BCUT2D eigenvalue weighted by molar-refractivity contribution is -0.137. The molecule has 1 atom stereocenters. The number of ether oxygens (including phenoxy) is 1. The summed E-state index contributed by atoms with van der Waals surface area (Å²) in [6.07, 6.45) is -5.06. The van der Waals surface area contributed by atoms with Crippen LogP contribution in [-0.2, 0) is 10.9 Å². The SMILES string of the molecule is CCOC(=O)NCC(N)c1cccc(C(F)(F)F)c1. The van der Waals surface area contributed by atoms with E-state index in [0.717, 1.165) is 12.1 Å². The van der Waals surface area contributed by atoms with Crippen molar-refractivity contribution in [2.45, 2.75) is 19.1 Å². The summed E-state index contributed by atoms with van der Waals surface area (Å²) in [6.45, 7) is 1.86. The molecule has 0 aliphatic rings. The number of rotatable bonds is 4. The topological polar surface area (TPSA) is 64.3 Å². The molecular formula is C12H15F3N2O2. The van der Waals surface area contributed by atoms with E-state index in [1.807, 2.05) is 0 Å². The van der Waals surface area contributed by atoms with Crippen molar-refractivity contribution in [2.75, 3.05) is 13.2 Å². The average Bonchev–Trinajstić information content (AvgIpc) is 2.35. The highest BCUT2D eigenvalue weighted by atomic mass is 19.4. The fourth-order valence-electron chi connectivity index (χ4n) is 1.44. The predicted molar refractivity (Wildman–Crippen MR) is 63.4 cm³/mol. The van der Waals surface area contributed by atoms with E-state index in [2.05, 4.69) is 10.1 Å². The summed E-state index contributed by atoms with van der Waals surface area (Å²) >= 11 is 0. The summed E-state index contributed by atoms with van der Waals surface area (Å²) in [5.74, 6) is 0. The summed E-state index contributed by atoms with van der Waals surface area (Å²) in [6, 6.07) is 3.97. The second kappa shape index (κ2) is 6.42. The Morgan fingerprint density at radius 3 is 2.74 bits per heavy atom. The Morgan fingerprint density at radius 1 is 1.47 bits per heavy atom. The first-order valence-corrected chi connectivity index (χ1v) is 5.68. The van der Waals surface area contributed by atoms with Crippen LogP contribution in [0.1, 0.15) is 24.1 Å². The van der Waals surface area contributed by atoms with Crippen molar-refractivity contribution in [3.63, 3.8) is 0 Å². The van der Waals surface area contributed by atoms with Crippen molar-refractivity contribution < 1.29 is 22.7 Å². The molecule has 0 aliphatic heterocycles. The van der Waals surface area contributed by atoms with E-state index in [4.69, 9.17) is 5.73 Å².